The van der Waals surface area contributed by atoms with Crippen LogP contribution >= 0.6 is 22.9 Å². The zero-order chi connectivity index (χ0) is 18.5. The van der Waals surface area contributed by atoms with Crippen LogP contribution in [0.3, 0.4) is 0 Å². The molecule has 1 N–H and O–H groups in total. The molecule has 2 aromatic rings. The molecule has 5 nitrogen and oxygen atoms in total. The van der Waals surface area contributed by atoms with Gasteiger partial charge in [0, 0.05) is 37.3 Å². The Morgan fingerprint density at radius 1 is 1.23 bits per heavy atom. The van der Waals surface area contributed by atoms with Crippen LogP contribution in [0.25, 0.3) is 0 Å². The Balaban J connectivity index is 1.43. The van der Waals surface area contributed by atoms with Gasteiger partial charge in [-0.2, -0.15) is 0 Å². The molecule has 0 bridgehead atoms. The van der Waals surface area contributed by atoms with E-state index in [2.05, 4.69) is 33.9 Å². The summed E-state index contributed by atoms with van der Waals surface area (Å²) in [7, 11) is 0. The lowest BCUT2D eigenvalue weighted by atomic mass is 10.2. The number of amides is 1. The van der Waals surface area contributed by atoms with Gasteiger partial charge >= 0.3 is 0 Å². The number of nitrogens with one attached hydrogen (secondary N) is 1. The Morgan fingerprint density at radius 3 is 2.58 bits per heavy atom. The van der Waals surface area contributed by atoms with Crippen molar-refractivity contribution in [2.24, 2.45) is 0 Å². The summed E-state index contributed by atoms with van der Waals surface area (Å²) >= 11 is 7.89. The third-order valence-electron chi connectivity index (χ3n) is 4.48. The average molecular weight is 393 g/mol. The fourth-order valence-corrected chi connectivity index (χ4v) is 4.07. The van der Waals surface area contributed by atoms with Gasteiger partial charge in [-0.25, -0.2) is 4.98 Å². The second kappa shape index (κ2) is 8.95. The van der Waals surface area contributed by atoms with Crippen molar-refractivity contribution in [2.45, 2.75) is 26.3 Å². The molecular formula is C19H25ClN4OS. The van der Waals surface area contributed by atoms with Gasteiger partial charge in [0.1, 0.15) is 5.01 Å². The number of anilines is 1. The minimum absolute atomic E-state index is 0.0203. The Hall–Kier alpha value is -1.47. The van der Waals surface area contributed by atoms with Crippen molar-refractivity contribution in [3.05, 3.63) is 45.4 Å². The normalized spacial score (nSPS) is 16.2. The highest BCUT2D eigenvalue weighted by Gasteiger charge is 2.20. The Kier molecular flexibility index (Phi) is 6.64. The Bertz CT molecular complexity index is 741. The standard InChI is InChI=1S/C19H25ClN4OS/c1-14(2)17-11-21-19(26-17)13-24-9-7-23(8-10-24)12-18(25)22-16-6-4-3-5-15(16)20/h3-6,11,14H,7-10,12-13H2,1-2H3,(H,22,25). The summed E-state index contributed by atoms with van der Waals surface area (Å²) in [5.74, 6) is 0.516. The fourth-order valence-electron chi connectivity index (χ4n) is 2.92. The zero-order valence-electron chi connectivity index (χ0n) is 15.2. The van der Waals surface area contributed by atoms with Crippen molar-refractivity contribution in [1.82, 2.24) is 14.8 Å². The van der Waals surface area contributed by atoms with Crippen molar-refractivity contribution in [3.8, 4) is 0 Å². The van der Waals surface area contributed by atoms with Gasteiger partial charge in [0.2, 0.25) is 5.91 Å². The van der Waals surface area contributed by atoms with Crippen LogP contribution in [-0.2, 0) is 11.3 Å². The largest absolute Gasteiger partial charge is 0.324 e. The van der Waals surface area contributed by atoms with Crippen LogP contribution in [0.15, 0.2) is 30.5 Å². The molecule has 0 aliphatic carbocycles. The van der Waals surface area contributed by atoms with Crippen molar-refractivity contribution < 1.29 is 4.79 Å². The van der Waals surface area contributed by atoms with Crippen LogP contribution in [0, 0.1) is 0 Å². The van der Waals surface area contributed by atoms with Gasteiger partial charge in [-0.05, 0) is 18.1 Å². The summed E-state index contributed by atoms with van der Waals surface area (Å²) in [5.41, 5.74) is 0.669. The third kappa shape index (κ3) is 5.27. The number of nitrogens with zero attached hydrogens (tertiary/aromatic N) is 3. The maximum Gasteiger partial charge on any atom is 0.238 e. The highest BCUT2D eigenvalue weighted by atomic mass is 35.5. The fraction of sp³-hybridized carbons (Fsp3) is 0.474. The maximum atomic E-state index is 12.2. The van der Waals surface area contributed by atoms with E-state index in [0.29, 0.717) is 23.2 Å². The van der Waals surface area contributed by atoms with Crippen molar-refractivity contribution >= 4 is 34.5 Å². The molecule has 1 aliphatic heterocycles. The molecular weight excluding hydrogens is 368 g/mol. The van der Waals surface area contributed by atoms with Crippen LogP contribution in [0.2, 0.25) is 5.02 Å². The SMILES string of the molecule is CC(C)c1cnc(CN2CCN(CC(=O)Nc3ccccc3Cl)CC2)s1. The van der Waals surface area contributed by atoms with Crippen LogP contribution in [-0.4, -0.2) is 53.4 Å². The zero-order valence-corrected chi connectivity index (χ0v) is 16.8. The number of hydrogen-bond donors (Lipinski definition) is 1. The number of para-hydroxylation sites is 1. The van der Waals surface area contributed by atoms with E-state index in [1.165, 1.54) is 9.88 Å². The van der Waals surface area contributed by atoms with E-state index in [9.17, 15) is 4.79 Å². The number of thiazole rings is 1. The van der Waals surface area contributed by atoms with Gasteiger partial charge in [-0.15, -0.1) is 11.3 Å². The van der Waals surface area contributed by atoms with Gasteiger partial charge in [-0.3, -0.25) is 14.6 Å². The molecule has 140 valence electrons. The van der Waals surface area contributed by atoms with E-state index in [-0.39, 0.29) is 5.91 Å². The second-order valence-electron chi connectivity index (χ2n) is 6.89. The van der Waals surface area contributed by atoms with Crippen molar-refractivity contribution in [2.75, 3.05) is 38.0 Å². The lowest BCUT2D eigenvalue weighted by Gasteiger charge is -2.33. The minimum atomic E-state index is -0.0203. The predicted octanol–water partition coefficient (Wildman–Crippen LogP) is 3.68. The Labute approximate surface area is 164 Å². The molecule has 1 aromatic heterocycles. The monoisotopic (exact) mass is 392 g/mol. The molecule has 0 spiro atoms. The minimum Gasteiger partial charge on any atom is -0.324 e. The highest BCUT2D eigenvalue weighted by Crippen LogP contribution is 2.23. The summed E-state index contributed by atoms with van der Waals surface area (Å²) in [6.07, 6.45) is 2.00. The number of benzene rings is 1. The molecule has 26 heavy (non-hydrogen) atoms. The molecule has 3 rings (SSSR count). The topological polar surface area (TPSA) is 48.5 Å². The first-order valence-corrected chi connectivity index (χ1v) is 10.1. The molecule has 0 atom stereocenters. The van der Waals surface area contributed by atoms with E-state index in [1.54, 1.807) is 17.4 Å². The molecule has 1 aromatic carbocycles. The molecule has 0 radical (unpaired) electrons. The highest BCUT2D eigenvalue weighted by molar-refractivity contribution is 7.11. The number of rotatable bonds is 6. The third-order valence-corrected chi connectivity index (χ3v) is 6.09. The van der Waals surface area contributed by atoms with Gasteiger partial charge in [0.05, 0.1) is 23.8 Å². The lowest BCUT2D eigenvalue weighted by Crippen LogP contribution is -2.48. The van der Waals surface area contributed by atoms with Crippen LogP contribution < -0.4 is 5.32 Å². The number of hydrogen-bond acceptors (Lipinski definition) is 5. The molecule has 1 fully saturated rings. The van der Waals surface area contributed by atoms with E-state index in [4.69, 9.17) is 11.6 Å². The van der Waals surface area contributed by atoms with E-state index >= 15 is 0 Å². The summed E-state index contributed by atoms with van der Waals surface area (Å²) in [6, 6.07) is 7.31. The number of halogens is 1. The molecule has 7 heteroatoms. The summed E-state index contributed by atoms with van der Waals surface area (Å²) in [4.78, 5) is 22.7. The van der Waals surface area contributed by atoms with Gasteiger partial charge in [0.15, 0.2) is 0 Å². The summed E-state index contributed by atoms with van der Waals surface area (Å²) in [5, 5.41) is 4.63. The first kappa shape index (κ1) is 19.3. The van der Waals surface area contributed by atoms with E-state index in [0.717, 1.165) is 32.7 Å². The van der Waals surface area contributed by atoms with E-state index in [1.807, 2.05) is 24.4 Å². The number of aromatic nitrogens is 1. The number of carbonyl (C=O) groups is 1. The van der Waals surface area contributed by atoms with Crippen LogP contribution in [0.4, 0.5) is 5.69 Å². The van der Waals surface area contributed by atoms with Crippen LogP contribution in [0.1, 0.15) is 29.7 Å². The predicted molar refractivity (Wildman–Crippen MR) is 108 cm³/mol. The maximum absolute atomic E-state index is 12.2. The quantitative estimate of drug-likeness (QED) is 0.814. The van der Waals surface area contributed by atoms with Gasteiger partial charge in [0.25, 0.3) is 0 Å². The first-order valence-electron chi connectivity index (χ1n) is 8.95. The average Bonchev–Trinajstić information content (AvgIpc) is 3.07. The van der Waals surface area contributed by atoms with Crippen LogP contribution in [0.5, 0.6) is 0 Å². The van der Waals surface area contributed by atoms with Gasteiger partial charge in [-0.1, -0.05) is 37.6 Å². The second-order valence-corrected chi connectivity index (χ2v) is 8.45. The molecule has 1 aliphatic rings. The van der Waals surface area contributed by atoms with E-state index < -0.39 is 0 Å². The Morgan fingerprint density at radius 2 is 1.92 bits per heavy atom. The smallest absolute Gasteiger partial charge is 0.238 e. The number of carbonyl (C=O) groups excluding carboxylic acids is 1. The first-order chi connectivity index (χ1) is 12.5. The molecule has 1 saturated heterocycles. The molecule has 2 heterocycles. The molecule has 0 saturated carbocycles. The molecule has 0 unspecified atom stereocenters. The summed E-state index contributed by atoms with van der Waals surface area (Å²) in [6.45, 7) is 9.38. The van der Waals surface area contributed by atoms with Crippen molar-refractivity contribution in [3.63, 3.8) is 0 Å². The summed E-state index contributed by atoms with van der Waals surface area (Å²) < 4.78 is 0. The lowest BCUT2D eigenvalue weighted by molar-refractivity contribution is -0.117. The number of piperazine rings is 1. The molecule has 1 amide bonds. The van der Waals surface area contributed by atoms with Gasteiger partial charge < -0.3 is 5.32 Å². The van der Waals surface area contributed by atoms with Crippen molar-refractivity contribution in [1.29, 1.82) is 0 Å².